The van der Waals surface area contributed by atoms with E-state index in [1.807, 2.05) is 41.0 Å². The molecule has 0 N–H and O–H groups in total. The summed E-state index contributed by atoms with van der Waals surface area (Å²) in [5, 5.41) is 0. The fraction of sp³-hybridized carbons (Fsp3) is 0.0588. The Labute approximate surface area is 140 Å². The van der Waals surface area contributed by atoms with E-state index in [1.54, 1.807) is 12.1 Å². The van der Waals surface area contributed by atoms with Crippen molar-refractivity contribution >= 4 is 43.4 Å². The first kappa shape index (κ1) is 14.8. The second-order valence-electron chi connectivity index (χ2n) is 4.57. The highest BCUT2D eigenvalue weighted by Gasteiger charge is 2.08. The molecule has 0 spiro atoms. The van der Waals surface area contributed by atoms with Gasteiger partial charge in [0.05, 0.1) is 16.8 Å². The Bertz CT molecular complexity index is 948. The summed E-state index contributed by atoms with van der Waals surface area (Å²) in [6.45, 7) is 0.378. The first-order valence-corrected chi connectivity index (χ1v) is 8.16. The van der Waals surface area contributed by atoms with Gasteiger partial charge in [0, 0.05) is 10.0 Å². The lowest BCUT2D eigenvalue weighted by Crippen LogP contribution is -2.16. The number of halogens is 1. The van der Waals surface area contributed by atoms with Crippen LogP contribution in [0, 0.1) is 12.3 Å². The maximum atomic E-state index is 12.3. The highest BCUT2D eigenvalue weighted by molar-refractivity contribution is 9.10. The molecule has 2 aromatic carbocycles. The fourth-order valence-electron chi connectivity index (χ4n) is 2.11. The second-order valence-corrected chi connectivity index (χ2v) is 6.49. The van der Waals surface area contributed by atoms with Crippen molar-refractivity contribution in [3.8, 4) is 12.3 Å². The molecule has 1 amide bonds. The van der Waals surface area contributed by atoms with Crippen molar-refractivity contribution in [3.05, 3.63) is 63.4 Å². The SMILES string of the molecule is C#CCn1c(=NC(=O)c2ccccc2)sc2cc(Br)ccc21. The average molecular weight is 371 g/mol. The van der Waals surface area contributed by atoms with Gasteiger partial charge < -0.3 is 4.57 Å². The zero-order chi connectivity index (χ0) is 15.5. The number of thiazole rings is 1. The molecule has 5 heteroatoms. The van der Waals surface area contributed by atoms with Crippen LogP contribution < -0.4 is 4.80 Å². The summed E-state index contributed by atoms with van der Waals surface area (Å²) >= 11 is 4.90. The highest BCUT2D eigenvalue weighted by atomic mass is 79.9. The van der Waals surface area contributed by atoms with Crippen LogP contribution in [0.3, 0.4) is 0 Å². The van der Waals surface area contributed by atoms with Crippen LogP contribution in [0.5, 0.6) is 0 Å². The summed E-state index contributed by atoms with van der Waals surface area (Å²) in [4.78, 5) is 17.1. The Kier molecular flexibility index (Phi) is 4.23. The molecular weight excluding hydrogens is 360 g/mol. The van der Waals surface area contributed by atoms with Gasteiger partial charge in [-0.25, -0.2) is 0 Å². The Balaban J connectivity index is 2.17. The molecule has 0 saturated heterocycles. The lowest BCUT2D eigenvalue weighted by atomic mass is 10.2. The zero-order valence-corrected chi connectivity index (χ0v) is 13.9. The van der Waals surface area contributed by atoms with Gasteiger partial charge in [-0.1, -0.05) is 51.4 Å². The van der Waals surface area contributed by atoms with E-state index in [0.29, 0.717) is 16.9 Å². The molecule has 0 radical (unpaired) electrons. The number of nitrogens with zero attached hydrogens (tertiary/aromatic N) is 2. The standard InChI is InChI=1S/C17H11BrN2OS/c1-2-10-20-14-9-8-13(18)11-15(14)22-17(20)19-16(21)12-6-4-3-5-7-12/h1,3-9,11H,10H2. The molecule has 3 rings (SSSR count). The third-order valence-corrected chi connectivity index (χ3v) is 4.65. The van der Waals surface area contributed by atoms with Gasteiger partial charge in [-0.2, -0.15) is 4.99 Å². The molecule has 0 atom stereocenters. The number of rotatable bonds is 2. The van der Waals surface area contributed by atoms with Crippen molar-refractivity contribution in [2.75, 3.05) is 0 Å². The summed E-state index contributed by atoms with van der Waals surface area (Å²) in [6.07, 6.45) is 5.45. The molecular formula is C17H11BrN2OS. The minimum atomic E-state index is -0.267. The molecule has 0 saturated carbocycles. The third-order valence-electron chi connectivity index (χ3n) is 3.11. The van der Waals surface area contributed by atoms with Crippen LogP contribution in [0.2, 0.25) is 0 Å². The Morgan fingerprint density at radius 3 is 2.77 bits per heavy atom. The lowest BCUT2D eigenvalue weighted by molar-refractivity contribution is 0.0998. The first-order chi connectivity index (χ1) is 10.7. The number of carbonyl (C=O) groups excluding carboxylic acids is 1. The Morgan fingerprint density at radius 1 is 1.27 bits per heavy atom. The smallest absolute Gasteiger partial charge is 0.279 e. The molecule has 1 heterocycles. The van der Waals surface area contributed by atoms with Crippen LogP contribution in [0.25, 0.3) is 10.2 Å². The van der Waals surface area contributed by atoms with E-state index in [4.69, 9.17) is 6.42 Å². The van der Waals surface area contributed by atoms with Gasteiger partial charge in [0.2, 0.25) is 0 Å². The first-order valence-electron chi connectivity index (χ1n) is 6.55. The number of hydrogen-bond donors (Lipinski definition) is 0. The van der Waals surface area contributed by atoms with Gasteiger partial charge in [-0.3, -0.25) is 4.79 Å². The predicted molar refractivity (Wildman–Crippen MR) is 92.7 cm³/mol. The maximum absolute atomic E-state index is 12.3. The fourth-order valence-corrected chi connectivity index (χ4v) is 3.69. The highest BCUT2D eigenvalue weighted by Crippen LogP contribution is 2.22. The van der Waals surface area contributed by atoms with Crippen molar-refractivity contribution in [2.45, 2.75) is 6.54 Å². The number of terminal acetylenes is 1. The lowest BCUT2D eigenvalue weighted by Gasteiger charge is -1.99. The number of fused-ring (bicyclic) bond motifs is 1. The van der Waals surface area contributed by atoms with E-state index in [1.165, 1.54) is 11.3 Å². The molecule has 3 nitrogen and oxygen atoms in total. The van der Waals surface area contributed by atoms with Crippen LogP contribution in [0.15, 0.2) is 58.0 Å². The monoisotopic (exact) mass is 370 g/mol. The molecule has 0 aliphatic carbocycles. The molecule has 0 aliphatic rings. The molecule has 1 aromatic heterocycles. The van der Waals surface area contributed by atoms with E-state index in [9.17, 15) is 4.79 Å². The van der Waals surface area contributed by atoms with Gasteiger partial charge in [0.25, 0.3) is 5.91 Å². The summed E-state index contributed by atoms with van der Waals surface area (Å²) < 4.78 is 3.90. The van der Waals surface area contributed by atoms with E-state index in [2.05, 4.69) is 26.8 Å². The molecule has 0 bridgehead atoms. The van der Waals surface area contributed by atoms with E-state index < -0.39 is 0 Å². The summed E-state index contributed by atoms with van der Waals surface area (Å²) in [7, 11) is 0. The molecule has 0 aliphatic heterocycles. The molecule has 0 unspecified atom stereocenters. The van der Waals surface area contributed by atoms with Crippen LogP contribution in [-0.4, -0.2) is 10.5 Å². The van der Waals surface area contributed by atoms with Gasteiger partial charge in [-0.15, -0.1) is 6.42 Å². The van der Waals surface area contributed by atoms with Gasteiger partial charge in [0.1, 0.15) is 0 Å². The minimum absolute atomic E-state index is 0.267. The summed E-state index contributed by atoms with van der Waals surface area (Å²) in [5.41, 5.74) is 1.54. The Hall–Kier alpha value is -2.16. The second kappa shape index (κ2) is 6.30. The predicted octanol–water partition coefficient (Wildman–Crippen LogP) is 3.84. The summed E-state index contributed by atoms with van der Waals surface area (Å²) in [5.74, 6) is 2.35. The number of carbonyl (C=O) groups is 1. The number of hydrogen-bond acceptors (Lipinski definition) is 2. The van der Waals surface area contributed by atoms with Crippen LogP contribution in [-0.2, 0) is 6.54 Å². The van der Waals surface area contributed by atoms with Crippen molar-refractivity contribution in [1.82, 2.24) is 4.57 Å². The average Bonchev–Trinajstić information content (AvgIpc) is 2.85. The van der Waals surface area contributed by atoms with Crippen LogP contribution in [0.1, 0.15) is 10.4 Å². The largest absolute Gasteiger partial charge is 0.305 e. The quantitative estimate of drug-likeness (QED) is 0.631. The topological polar surface area (TPSA) is 34.4 Å². The molecule has 22 heavy (non-hydrogen) atoms. The number of amides is 1. The number of benzene rings is 2. The van der Waals surface area contributed by atoms with Crippen molar-refractivity contribution in [2.24, 2.45) is 4.99 Å². The van der Waals surface area contributed by atoms with Crippen molar-refractivity contribution < 1.29 is 4.79 Å². The zero-order valence-electron chi connectivity index (χ0n) is 11.5. The van der Waals surface area contributed by atoms with E-state index in [-0.39, 0.29) is 5.91 Å². The van der Waals surface area contributed by atoms with Crippen LogP contribution >= 0.6 is 27.3 Å². The molecule has 108 valence electrons. The van der Waals surface area contributed by atoms with Crippen molar-refractivity contribution in [1.29, 1.82) is 0 Å². The van der Waals surface area contributed by atoms with Crippen molar-refractivity contribution in [3.63, 3.8) is 0 Å². The van der Waals surface area contributed by atoms with Gasteiger partial charge >= 0.3 is 0 Å². The third kappa shape index (κ3) is 2.89. The van der Waals surface area contributed by atoms with Gasteiger partial charge in [0.15, 0.2) is 4.80 Å². The number of aromatic nitrogens is 1. The normalized spacial score (nSPS) is 11.5. The molecule has 0 fully saturated rings. The maximum Gasteiger partial charge on any atom is 0.279 e. The van der Waals surface area contributed by atoms with E-state index in [0.717, 1.165) is 14.7 Å². The summed E-state index contributed by atoms with van der Waals surface area (Å²) in [6, 6.07) is 14.9. The molecule has 3 aromatic rings. The van der Waals surface area contributed by atoms with E-state index >= 15 is 0 Å². The van der Waals surface area contributed by atoms with Crippen LogP contribution in [0.4, 0.5) is 0 Å². The Morgan fingerprint density at radius 2 is 2.05 bits per heavy atom. The van der Waals surface area contributed by atoms with Gasteiger partial charge in [-0.05, 0) is 30.3 Å². The minimum Gasteiger partial charge on any atom is -0.305 e.